The van der Waals surface area contributed by atoms with Crippen molar-refractivity contribution in [2.75, 3.05) is 0 Å². The maximum absolute atomic E-state index is 5.33. The van der Waals surface area contributed by atoms with Crippen LogP contribution in [0.5, 0.6) is 0 Å². The molecule has 3 heteroatoms. The van der Waals surface area contributed by atoms with Gasteiger partial charge in [0, 0.05) is 34.6 Å². The Bertz CT molecular complexity index is 2840. The number of benzene rings is 8. The molecule has 10 aromatic rings. The monoisotopic (exact) mass is 635 g/mol. The topological polar surface area (TPSA) is 38.7 Å². The first-order valence-electron chi connectivity index (χ1n) is 16.9. The van der Waals surface area contributed by atoms with E-state index < -0.39 is 0 Å². The van der Waals surface area contributed by atoms with Crippen molar-refractivity contribution in [3.8, 4) is 56.2 Å². The average molecular weight is 636 g/mol. The molecule has 50 heavy (non-hydrogen) atoms. The van der Waals surface area contributed by atoms with Crippen LogP contribution in [0, 0.1) is 0 Å². The van der Waals surface area contributed by atoms with E-state index in [1.54, 1.807) is 0 Å². The lowest BCUT2D eigenvalue weighted by atomic mass is 9.91. The molecule has 2 heterocycles. The van der Waals surface area contributed by atoms with Crippen LogP contribution in [0.25, 0.3) is 99.2 Å². The molecule has 232 valence electrons. The summed E-state index contributed by atoms with van der Waals surface area (Å²) < 4.78 is 0. The molecule has 0 bridgehead atoms. The summed E-state index contributed by atoms with van der Waals surface area (Å²) in [5.41, 5.74) is 9.33. The smallest absolute Gasteiger partial charge is 0.161 e. The zero-order chi connectivity index (χ0) is 33.0. The van der Waals surface area contributed by atoms with Gasteiger partial charge in [-0.2, -0.15) is 0 Å². The molecule has 0 aliphatic rings. The van der Waals surface area contributed by atoms with Crippen LogP contribution in [0.2, 0.25) is 0 Å². The lowest BCUT2D eigenvalue weighted by molar-refractivity contribution is 1.19. The lowest BCUT2D eigenvalue weighted by Gasteiger charge is -2.16. The first-order valence-corrected chi connectivity index (χ1v) is 16.9. The number of nitrogens with zero attached hydrogens (tertiary/aromatic N) is 3. The molecular weight excluding hydrogens is 607 g/mol. The average Bonchev–Trinajstić information content (AvgIpc) is 3.20. The fourth-order valence-corrected chi connectivity index (χ4v) is 7.47. The minimum absolute atomic E-state index is 0.704. The van der Waals surface area contributed by atoms with Crippen LogP contribution in [0.1, 0.15) is 0 Å². The van der Waals surface area contributed by atoms with Crippen molar-refractivity contribution >= 4 is 43.1 Å². The van der Waals surface area contributed by atoms with Gasteiger partial charge in [0.1, 0.15) is 0 Å². The van der Waals surface area contributed by atoms with Crippen molar-refractivity contribution in [1.82, 2.24) is 15.0 Å². The number of pyridine rings is 1. The number of hydrogen-bond acceptors (Lipinski definition) is 3. The van der Waals surface area contributed by atoms with E-state index in [0.29, 0.717) is 5.82 Å². The molecular formula is C47H29N3. The Balaban J connectivity index is 1.17. The van der Waals surface area contributed by atoms with Gasteiger partial charge in [-0.25, -0.2) is 9.97 Å². The SMILES string of the molecule is c1cncc(-c2ccccc2-c2cc(-c3ccc(-c4ccc5ccccc5c4)cc3)nc(-c3ccc4ccc5cccc6ccc3c4c56)n2)c1. The van der Waals surface area contributed by atoms with E-state index in [1.807, 2.05) is 18.5 Å². The maximum atomic E-state index is 5.33. The molecule has 0 atom stereocenters. The van der Waals surface area contributed by atoms with Gasteiger partial charge in [0.2, 0.25) is 0 Å². The summed E-state index contributed by atoms with van der Waals surface area (Å²) >= 11 is 0. The molecule has 0 unspecified atom stereocenters. The zero-order valence-electron chi connectivity index (χ0n) is 27.1. The quantitative estimate of drug-likeness (QED) is 0.177. The van der Waals surface area contributed by atoms with Crippen LogP contribution >= 0.6 is 0 Å². The van der Waals surface area contributed by atoms with E-state index >= 15 is 0 Å². The van der Waals surface area contributed by atoms with E-state index in [0.717, 1.165) is 44.6 Å². The standard InChI is InChI=1S/C47H29N3/c1-2-8-36-27-37(21-16-30(36)7-1)31-14-17-32(18-15-31)43-28-44(40-13-4-3-12-39(40)38-11-6-26-48-29-38)50-47(49-43)42-25-23-35-20-19-33-9-5-10-34-22-24-41(42)46(35)45(33)34/h1-29H. The molecule has 3 nitrogen and oxygen atoms in total. The van der Waals surface area contributed by atoms with Crippen LogP contribution in [-0.2, 0) is 0 Å². The molecule has 2 aromatic heterocycles. The predicted molar refractivity (Wildman–Crippen MR) is 208 cm³/mol. The third-order valence-corrected chi connectivity index (χ3v) is 9.93. The van der Waals surface area contributed by atoms with Gasteiger partial charge in [0.15, 0.2) is 5.82 Å². The van der Waals surface area contributed by atoms with Gasteiger partial charge in [-0.05, 0) is 84.0 Å². The zero-order valence-corrected chi connectivity index (χ0v) is 27.1. The van der Waals surface area contributed by atoms with Crippen molar-refractivity contribution < 1.29 is 0 Å². The second-order valence-corrected chi connectivity index (χ2v) is 12.9. The highest BCUT2D eigenvalue weighted by molar-refractivity contribution is 6.25. The van der Waals surface area contributed by atoms with Gasteiger partial charge in [-0.3, -0.25) is 4.98 Å². The van der Waals surface area contributed by atoms with Gasteiger partial charge in [-0.1, -0.05) is 140 Å². The Morgan fingerprint density at radius 1 is 0.340 bits per heavy atom. The van der Waals surface area contributed by atoms with Gasteiger partial charge in [0.05, 0.1) is 11.4 Å². The number of hydrogen-bond donors (Lipinski definition) is 0. The van der Waals surface area contributed by atoms with Crippen LogP contribution in [0.4, 0.5) is 0 Å². The summed E-state index contributed by atoms with van der Waals surface area (Å²) in [6, 6.07) is 58.3. The molecule has 0 fully saturated rings. The highest BCUT2D eigenvalue weighted by atomic mass is 14.9. The fraction of sp³-hybridized carbons (Fsp3) is 0. The van der Waals surface area contributed by atoms with Crippen LogP contribution in [0.3, 0.4) is 0 Å². The predicted octanol–water partition coefficient (Wildman–Crippen LogP) is 12.3. The minimum Gasteiger partial charge on any atom is -0.264 e. The second-order valence-electron chi connectivity index (χ2n) is 12.9. The Hall–Kier alpha value is -6.71. The molecule has 8 aromatic carbocycles. The van der Waals surface area contributed by atoms with Crippen molar-refractivity contribution in [3.63, 3.8) is 0 Å². The van der Waals surface area contributed by atoms with Crippen molar-refractivity contribution in [3.05, 3.63) is 176 Å². The maximum Gasteiger partial charge on any atom is 0.161 e. The highest BCUT2D eigenvalue weighted by Crippen LogP contribution is 2.40. The van der Waals surface area contributed by atoms with E-state index in [9.17, 15) is 0 Å². The highest BCUT2D eigenvalue weighted by Gasteiger charge is 2.18. The van der Waals surface area contributed by atoms with E-state index in [4.69, 9.17) is 9.97 Å². The van der Waals surface area contributed by atoms with Crippen LogP contribution in [-0.4, -0.2) is 15.0 Å². The third-order valence-electron chi connectivity index (χ3n) is 9.93. The normalized spacial score (nSPS) is 11.6. The molecule has 0 radical (unpaired) electrons. The molecule has 0 aliphatic heterocycles. The molecule has 0 aliphatic carbocycles. The van der Waals surface area contributed by atoms with Gasteiger partial charge < -0.3 is 0 Å². The molecule has 0 amide bonds. The van der Waals surface area contributed by atoms with Crippen molar-refractivity contribution in [1.29, 1.82) is 0 Å². The third kappa shape index (κ3) is 4.71. The van der Waals surface area contributed by atoms with Crippen LogP contribution in [0.15, 0.2) is 176 Å². The van der Waals surface area contributed by atoms with E-state index in [-0.39, 0.29) is 0 Å². The van der Waals surface area contributed by atoms with E-state index in [1.165, 1.54) is 48.8 Å². The molecule has 0 saturated heterocycles. The Kier molecular flexibility index (Phi) is 6.49. The summed E-state index contributed by atoms with van der Waals surface area (Å²) in [5, 5.41) is 9.87. The second kappa shape index (κ2) is 11.5. The Labute approximate surface area is 289 Å². The van der Waals surface area contributed by atoms with Crippen LogP contribution < -0.4 is 0 Å². The first kappa shape index (κ1) is 28.3. The largest absolute Gasteiger partial charge is 0.264 e. The minimum atomic E-state index is 0.704. The summed E-state index contributed by atoms with van der Waals surface area (Å²) in [6.07, 6.45) is 3.72. The summed E-state index contributed by atoms with van der Waals surface area (Å²) in [7, 11) is 0. The van der Waals surface area contributed by atoms with Gasteiger partial charge in [0.25, 0.3) is 0 Å². The summed E-state index contributed by atoms with van der Waals surface area (Å²) in [6.45, 7) is 0. The first-order chi connectivity index (χ1) is 24.8. The van der Waals surface area contributed by atoms with Crippen molar-refractivity contribution in [2.24, 2.45) is 0 Å². The van der Waals surface area contributed by atoms with Gasteiger partial charge >= 0.3 is 0 Å². The lowest BCUT2D eigenvalue weighted by Crippen LogP contribution is -1.98. The number of fused-ring (bicyclic) bond motifs is 1. The Morgan fingerprint density at radius 2 is 0.980 bits per heavy atom. The molecule has 0 spiro atoms. The summed E-state index contributed by atoms with van der Waals surface area (Å²) in [5.74, 6) is 0.704. The summed E-state index contributed by atoms with van der Waals surface area (Å²) in [4.78, 5) is 15.1. The fourth-order valence-electron chi connectivity index (χ4n) is 7.47. The number of aromatic nitrogens is 3. The molecule has 0 N–H and O–H groups in total. The number of rotatable bonds is 5. The molecule has 0 saturated carbocycles. The Morgan fingerprint density at radius 3 is 1.80 bits per heavy atom. The van der Waals surface area contributed by atoms with E-state index in [2.05, 4.69) is 163 Å². The van der Waals surface area contributed by atoms with Gasteiger partial charge in [-0.15, -0.1) is 0 Å². The van der Waals surface area contributed by atoms with Crippen molar-refractivity contribution in [2.45, 2.75) is 0 Å². The molecule has 10 rings (SSSR count).